The molecule has 0 radical (unpaired) electrons. The van der Waals surface area contributed by atoms with Crippen LogP contribution in [0.4, 0.5) is 0 Å². The van der Waals surface area contributed by atoms with Crippen molar-refractivity contribution in [2.45, 2.75) is 25.9 Å². The van der Waals surface area contributed by atoms with Crippen LogP contribution in [-0.2, 0) is 11.3 Å². The molecule has 1 atom stereocenters. The van der Waals surface area contributed by atoms with Gasteiger partial charge in [-0.2, -0.15) is 0 Å². The van der Waals surface area contributed by atoms with E-state index < -0.39 is 6.04 Å². The Hall–Kier alpha value is -3.08. The average molecular weight is 349 g/mol. The molecule has 2 aromatic carbocycles. The minimum atomic E-state index is -0.574. The molecule has 0 bridgehead atoms. The van der Waals surface area contributed by atoms with Gasteiger partial charge in [0.2, 0.25) is 5.91 Å². The zero-order valence-corrected chi connectivity index (χ0v) is 14.8. The Kier molecular flexibility index (Phi) is 5.69. The van der Waals surface area contributed by atoms with E-state index >= 15 is 0 Å². The number of hydrogen-bond donors (Lipinski definition) is 2. The van der Waals surface area contributed by atoms with Gasteiger partial charge in [0.15, 0.2) is 0 Å². The monoisotopic (exact) mass is 349 g/mol. The quantitative estimate of drug-likeness (QED) is 0.644. The molecule has 1 aromatic heterocycles. The summed E-state index contributed by atoms with van der Waals surface area (Å²) in [6, 6.07) is 18.6. The Bertz CT molecular complexity index is 886. The standard InChI is InChI=1S/C21H23N3O2/c1-16(23-21(26)18-9-3-2-4-10-18)20(25)22-13-7-14-24-15-12-17-8-5-6-11-19(17)24/h2-6,8-12,15-16H,7,13-14H2,1H3,(H,22,25)(H,23,26)/t16-/m1/s1. The van der Waals surface area contributed by atoms with Gasteiger partial charge in [-0.25, -0.2) is 0 Å². The molecule has 0 aliphatic rings. The molecule has 0 spiro atoms. The van der Waals surface area contributed by atoms with Crippen LogP contribution in [0.5, 0.6) is 0 Å². The molecule has 134 valence electrons. The van der Waals surface area contributed by atoms with E-state index in [1.54, 1.807) is 31.2 Å². The summed E-state index contributed by atoms with van der Waals surface area (Å²) >= 11 is 0. The lowest BCUT2D eigenvalue weighted by molar-refractivity contribution is -0.122. The van der Waals surface area contributed by atoms with Crippen molar-refractivity contribution in [3.05, 3.63) is 72.4 Å². The number of aryl methyl sites for hydroxylation is 1. The maximum atomic E-state index is 12.2. The SMILES string of the molecule is C[C@@H](NC(=O)c1ccccc1)C(=O)NCCCn1ccc2ccccc21. The first-order chi connectivity index (χ1) is 12.6. The van der Waals surface area contributed by atoms with Crippen molar-refractivity contribution in [1.29, 1.82) is 0 Å². The zero-order valence-electron chi connectivity index (χ0n) is 14.8. The Morgan fingerprint density at radius 2 is 1.73 bits per heavy atom. The molecular weight excluding hydrogens is 326 g/mol. The van der Waals surface area contributed by atoms with Crippen LogP contribution in [0.2, 0.25) is 0 Å². The number of aromatic nitrogens is 1. The molecule has 3 rings (SSSR count). The number of carbonyl (C=O) groups excluding carboxylic acids is 2. The van der Waals surface area contributed by atoms with Gasteiger partial charge in [-0.3, -0.25) is 9.59 Å². The fourth-order valence-electron chi connectivity index (χ4n) is 2.88. The summed E-state index contributed by atoms with van der Waals surface area (Å²) in [6.45, 7) is 3.09. The number of benzene rings is 2. The lowest BCUT2D eigenvalue weighted by atomic mass is 10.2. The third-order valence-electron chi connectivity index (χ3n) is 4.33. The van der Waals surface area contributed by atoms with Gasteiger partial charge in [-0.1, -0.05) is 36.4 Å². The molecular formula is C21H23N3O2. The first-order valence-corrected chi connectivity index (χ1v) is 8.82. The number of fused-ring (bicyclic) bond motifs is 1. The van der Waals surface area contributed by atoms with Crippen molar-refractivity contribution in [2.75, 3.05) is 6.54 Å². The zero-order chi connectivity index (χ0) is 18.4. The Morgan fingerprint density at radius 3 is 2.54 bits per heavy atom. The van der Waals surface area contributed by atoms with Crippen molar-refractivity contribution in [1.82, 2.24) is 15.2 Å². The number of carbonyl (C=O) groups is 2. The molecule has 5 nitrogen and oxygen atoms in total. The normalized spacial score (nSPS) is 11.9. The van der Waals surface area contributed by atoms with Crippen LogP contribution < -0.4 is 10.6 Å². The molecule has 0 fully saturated rings. The van der Waals surface area contributed by atoms with Gasteiger partial charge in [0.05, 0.1) is 0 Å². The van der Waals surface area contributed by atoms with E-state index in [0.717, 1.165) is 13.0 Å². The smallest absolute Gasteiger partial charge is 0.251 e. The van der Waals surface area contributed by atoms with Crippen LogP contribution in [0.25, 0.3) is 10.9 Å². The molecule has 3 aromatic rings. The molecule has 2 N–H and O–H groups in total. The van der Waals surface area contributed by atoms with Crippen molar-refractivity contribution >= 4 is 22.7 Å². The van der Waals surface area contributed by atoms with Gasteiger partial charge in [0.25, 0.3) is 5.91 Å². The van der Waals surface area contributed by atoms with Crippen LogP contribution in [-0.4, -0.2) is 29.0 Å². The first-order valence-electron chi connectivity index (χ1n) is 8.82. The second-order valence-corrected chi connectivity index (χ2v) is 6.27. The van der Waals surface area contributed by atoms with Crippen LogP contribution in [0.3, 0.4) is 0 Å². The molecule has 0 unspecified atom stereocenters. The summed E-state index contributed by atoms with van der Waals surface area (Å²) in [7, 11) is 0. The summed E-state index contributed by atoms with van der Waals surface area (Å²) in [4.78, 5) is 24.2. The second kappa shape index (κ2) is 8.34. The highest BCUT2D eigenvalue weighted by Gasteiger charge is 2.15. The summed E-state index contributed by atoms with van der Waals surface area (Å²) in [5.41, 5.74) is 1.74. The first kappa shape index (κ1) is 17.7. The van der Waals surface area contributed by atoms with Gasteiger partial charge in [-0.15, -0.1) is 0 Å². The topological polar surface area (TPSA) is 63.1 Å². The predicted octanol–water partition coefficient (Wildman–Crippen LogP) is 2.97. The number of amides is 2. The molecule has 0 aliphatic heterocycles. The van der Waals surface area contributed by atoms with E-state index in [1.165, 1.54) is 10.9 Å². The molecule has 0 aliphatic carbocycles. The van der Waals surface area contributed by atoms with Crippen LogP contribution in [0.1, 0.15) is 23.7 Å². The number of para-hydroxylation sites is 1. The van der Waals surface area contributed by atoms with E-state index in [9.17, 15) is 9.59 Å². The number of nitrogens with one attached hydrogen (secondary N) is 2. The van der Waals surface area contributed by atoms with Gasteiger partial charge >= 0.3 is 0 Å². The largest absolute Gasteiger partial charge is 0.354 e. The summed E-state index contributed by atoms with van der Waals surface area (Å²) in [5, 5.41) is 6.82. The fraction of sp³-hybridized carbons (Fsp3) is 0.238. The number of nitrogens with zero attached hydrogens (tertiary/aromatic N) is 1. The third kappa shape index (κ3) is 4.30. The number of rotatable bonds is 7. The Labute approximate surface area is 153 Å². The fourth-order valence-corrected chi connectivity index (χ4v) is 2.88. The van der Waals surface area contributed by atoms with Gasteiger partial charge < -0.3 is 15.2 Å². The highest BCUT2D eigenvalue weighted by molar-refractivity contribution is 5.97. The molecule has 1 heterocycles. The van der Waals surface area contributed by atoms with Gasteiger partial charge in [-0.05, 0) is 43.0 Å². The molecule has 2 amide bonds. The average Bonchev–Trinajstić information content (AvgIpc) is 3.09. The van der Waals surface area contributed by atoms with E-state index in [-0.39, 0.29) is 11.8 Å². The molecule has 5 heteroatoms. The Morgan fingerprint density at radius 1 is 1.00 bits per heavy atom. The molecule has 0 saturated carbocycles. The van der Waals surface area contributed by atoms with Gasteiger partial charge in [0.1, 0.15) is 6.04 Å². The summed E-state index contributed by atoms with van der Waals surface area (Å²) < 4.78 is 2.18. The predicted molar refractivity (Wildman–Crippen MR) is 103 cm³/mol. The lowest BCUT2D eigenvalue weighted by Gasteiger charge is -2.14. The van der Waals surface area contributed by atoms with E-state index in [2.05, 4.69) is 39.6 Å². The maximum Gasteiger partial charge on any atom is 0.251 e. The van der Waals surface area contributed by atoms with E-state index in [4.69, 9.17) is 0 Å². The van der Waals surface area contributed by atoms with Crippen molar-refractivity contribution in [3.8, 4) is 0 Å². The maximum absolute atomic E-state index is 12.2. The second-order valence-electron chi connectivity index (χ2n) is 6.27. The molecule has 0 saturated heterocycles. The minimum Gasteiger partial charge on any atom is -0.354 e. The number of hydrogen-bond acceptors (Lipinski definition) is 2. The van der Waals surface area contributed by atoms with Gasteiger partial charge in [0, 0.05) is 30.4 Å². The van der Waals surface area contributed by atoms with Crippen LogP contribution in [0, 0.1) is 0 Å². The Balaban J connectivity index is 1.43. The van der Waals surface area contributed by atoms with E-state index in [1.807, 2.05) is 18.2 Å². The third-order valence-corrected chi connectivity index (χ3v) is 4.33. The van der Waals surface area contributed by atoms with Crippen molar-refractivity contribution < 1.29 is 9.59 Å². The highest BCUT2D eigenvalue weighted by atomic mass is 16.2. The summed E-state index contributed by atoms with van der Waals surface area (Å²) in [5.74, 6) is -0.418. The molecule has 26 heavy (non-hydrogen) atoms. The van der Waals surface area contributed by atoms with Crippen molar-refractivity contribution in [3.63, 3.8) is 0 Å². The summed E-state index contributed by atoms with van der Waals surface area (Å²) in [6.07, 6.45) is 2.89. The minimum absolute atomic E-state index is 0.174. The van der Waals surface area contributed by atoms with Crippen LogP contribution in [0.15, 0.2) is 66.9 Å². The van der Waals surface area contributed by atoms with Crippen LogP contribution >= 0.6 is 0 Å². The highest BCUT2D eigenvalue weighted by Crippen LogP contribution is 2.15. The van der Waals surface area contributed by atoms with E-state index in [0.29, 0.717) is 12.1 Å². The lowest BCUT2D eigenvalue weighted by Crippen LogP contribution is -2.45. The van der Waals surface area contributed by atoms with Crippen molar-refractivity contribution in [2.24, 2.45) is 0 Å².